The maximum atomic E-state index is 13.0. The number of amides is 1. The number of rotatable bonds is 5. The number of carboxylic acids is 1. The van der Waals surface area contributed by atoms with Crippen LogP contribution in [-0.2, 0) is 16.1 Å². The third kappa shape index (κ3) is 7.24. The summed E-state index contributed by atoms with van der Waals surface area (Å²) in [7, 11) is 0. The number of likely N-dealkylation sites (tertiary alicyclic amines) is 1. The molecule has 1 fully saturated rings. The maximum absolute atomic E-state index is 13.0. The molecule has 1 saturated heterocycles. The minimum absolute atomic E-state index is 0.0179. The van der Waals surface area contributed by atoms with Crippen molar-refractivity contribution in [2.45, 2.75) is 57.5 Å². The third-order valence-corrected chi connectivity index (χ3v) is 6.56. The second-order valence-electron chi connectivity index (χ2n) is 9.08. The monoisotopic (exact) mass is 569 g/mol. The van der Waals surface area contributed by atoms with Crippen molar-refractivity contribution in [2.75, 3.05) is 19.6 Å². The highest BCUT2D eigenvalue weighted by molar-refractivity contribution is 7.16. The average Bonchev–Trinajstić information content (AvgIpc) is 3.36. The number of piperidine rings is 1. The number of fused-ring (bicyclic) bond motifs is 3. The van der Waals surface area contributed by atoms with Crippen LogP contribution in [0.15, 0.2) is 22.3 Å². The predicted octanol–water partition coefficient (Wildman–Crippen LogP) is 3.61. The molecule has 210 valence electrons. The van der Waals surface area contributed by atoms with Gasteiger partial charge in [0.25, 0.3) is 5.56 Å². The van der Waals surface area contributed by atoms with E-state index in [2.05, 4.69) is 10.4 Å². The zero-order chi connectivity index (χ0) is 28.4. The highest BCUT2D eigenvalue weighted by atomic mass is 32.1. The molecule has 3 aromatic rings. The van der Waals surface area contributed by atoms with Crippen LogP contribution in [0.2, 0.25) is 0 Å². The molecule has 4 heterocycles. The first-order valence-electron chi connectivity index (χ1n) is 11.4. The quantitative estimate of drug-likeness (QED) is 0.455. The van der Waals surface area contributed by atoms with Gasteiger partial charge >= 0.3 is 18.3 Å². The Morgan fingerprint density at radius 2 is 1.89 bits per heavy atom. The standard InChI is InChI=1S/C20H24F3N5O2S.C2HF3O2/c1-12(2)17-25-27(18(30)15-8-13-5-7-31-19(13)28(15)17)10-16(29)24-14-4-3-6-26(9-14)11-20(21,22)23;3-2(4,5)1(6)7/h5,7-8,12,14H,3-4,6,9-11H2,1-2H3,(H,24,29);(H,6,7). The van der Waals surface area contributed by atoms with E-state index in [1.165, 1.54) is 16.2 Å². The van der Waals surface area contributed by atoms with Gasteiger partial charge in [0.05, 0.1) is 6.54 Å². The van der Waals surface area contributed by atoms with Gasteiger partial charge in [-0.25, -0.2) is 9.48 Å². The van der Waals surface area contributed by atoms with E-state index < -0.39 is 30.8 Å². The summed E-state index contributed by atoms with van der Waals surface area (Å²) in [6, 6.07) is 3.35. The number of hydrogen-bond donors (Lipinski definition) is 2. The Balaban J connectivity index is 0.000000505. The Hall–Kier alpha value is -3.14. The van der Waals surface area contributed by atoms with Gasteiger partial charge < -0.3 is 10.4 Å². The summed E-state index contributed by atoms with van der Waals surface area (Å²) in [6.07, 6.45) is -8.17. The average molecular weight is 570 g/mol. The smallest absolute Gasteiger partial charge is 0.475 e. The molecule has 1 amide bonds. The highest BCUT2D eigenvalue weighted by Gasteiger charge is 2.38. The number of halogens is 6. The van der Waals surface area contributed by atoms with Crippen molar-refractivity contribution < 1.29 is 41.0 Å². The van der Waals surface area contributed by atoms with Crippen molar-refractivity contribution in [3.8, 4) is 0 Å². The summed E-state index contributed by atoms with van der Waals surface area (Å²) in [4.78, 5) is 36.7. The molecular weight excluding hydrogens is 544 g/mol. The summed E-state index contributed by atoms with van der Waals surface area (Å²) in [5.41, 5.74) is 0.0904. The molecule has 3 aromatic heterocycles. The molecule has 1 aliphatic rings. The van der Waals surface area contributed by atoms with E-state index in [0.29, 0.717) is 30.7 Å². The molecule has 1 atom stereocenters. The number of carbonyl (C=O) groups excluding carboxylic acids is 1. The fourth-order valence-electron chi connectivity index (χ4n) is 4.12. The Bertz CT molecular complexity index is 1360. The number of carbonyl (C=O) groups is 2. The second-order valence-corrected chi connectivity index (χ2v) is 9.98. The first-order valence-corrected chi connectivity index (χ1v) is 12.3. The van der Waals surface area contributed by atoms with Gasteiger partial charge in [0.15, 0.2) is 0 Å². The molecular formula is C22H25F6N5O4S. The fourth-order valence-corrected chi connectivity index (χ4v) is 5.02. The van der Waals surface area contributed by atoms with Crippen LogP contribution in [0.3, 0.4) is 0 Å². The topological polar surface area (TPSA) is 109 Å². The van der Waals surface area contributed by atoms with Gasteiger partial charge in [-0.15, -0.1) is 11.3 Å². The van der Waals surface area contributed by atoms with Gasteiger partial charge in [0.1, 0.15) is 22.7 Å². The molecule has 0 spiro atoms. The molecule has 16 heteroatoms. The maximum Gasteiger partial charge on any atom is 0.490 e. The van der Waals surface area contributed by atoms with Gasteiger partial charge in [0, 0.05) is 23.9 Å². The molecule has 0 aromatic carbocycles. The van der Waals surface area contributed by atoms with Crippen LogP contribution in [0.1, 0.15) is 38.4 Å². The van der Waals surface area contributed by atoms with Gasteiger partial charge in [-0.05, 0) is 36.9 Å². The van der Waals surface area contributed by atoms with Crippen LogP contribution in [0.25, 0.3) is 15.7 Å². The largest absolute Gasteiger partial charge is 0.490 e. The molecule has 0 radical (unpaired) electrons. The van der Waals surface area contributed by atoms with Crippen molar-refractivity contribution in [2.24, 2.45) is 0 Å². The molecule has 9 nitrogen and oxygen atoms in total. The highest BCUT2D eigenvalue weighted by Crippen LogP contribution is 2.27. The number of nitrogens with zero attached hydrogens (tertiary/aromatic N) is 4. The van der Waals surface area contributed by atoms with E-state index in [0.717, 1.165) is 14.9 Å². The van der Waals surface area contributed by atoms with Crippen LogP contribution in [0.4, 0.5) is 26.3 Å². The van der Waals surface area contributed by atoms with Crippen molar-refractivity contribution in [1.82, 2.24) is 24.4 Å². The fraction of sp³-hybridized carbons (Fsp3) is 0.545. The van der Waals surface area contributed by atoms with Gasteiger partial charge in [-0.3, -0.25) is 18.9 Å². The second kappa shape index (κ2) is 11.3. The Kier molecular flexibility index (Phi) is 8.75. The first-order chi connectivity index (χ1) is 17.6. The van der Waals surface area contributed by atoms with Crippen LogP contribution < -0.4 is 10.9 Å². The van der Waals surface area contributed by atoms with E-state index in [-0.39, 0.29) is 30.6 Å². The van der Waals surface area contributed by atoms with Crippen LogP contribution >= 0.6 is 11.3 Å². The summed E-state index contributed by atoms with van der Waals surface area (Å²) >= 11 is 1.52. The SMILES string of the molecule is CC(C)c1nn(CC(=O)NC2CCCN(CC(F)(F)F)C2)c(=O)c2cc3ccsc3n12.O=C(O)C(F)(F)F. The van der Waals surface area contributed by atoms with Crippen molar-refractivity contribution >= 4 is 38.9 Å². The van der Waals surface area contributed by atoms with Crippen molar-refractivity contribution in [3.63, 3.8) is 0 Å². The number of alkyl halides is 6. The zero-order valence-electron chi connectivity index (χ0n) is 20.3. The van der Waals surface area contributed by atoms with E-state index in [1.807, 2.05) is 29.7 Å². The Morgan fingerprint density at radius 3 is 2.47 bits per heavy atom. The summed E-state index contributed by atoms with van der Waals surface area (Å²) in [5.74, 6) is -2.49. The number of carboxylic acid groups (broad SMARTS) is 1. The molecule has 1 aliphatic heterocycles. The van der Waals surface area contributed by atoms with Gasteiger partial charge in [-0.1, -0.05) is 13.8 Å². The molecule has 38 heavy (non-hydrogen) atoms. The number of nitrogens with one attached hydrogen (secondary N) is 1. The normalized spacial score (nSPS) is 17.0. The molecule has 0 saturated carbocycles. The number of aromatic nitrogens is 3. The van der Waals surface area contributed by atoms with Crippen LogP contribution in [0, 0.1) is 0 Å². The number of aliphatic carboxylic acids is 1. The minimum atomic E-state index is -5.08. The number of hydrogen-bond acceptors (Lipinski definition) is 6. The number of thiophene rings is 1. The van der Waals surface area contributed by atoms with E-state index in [4.69, 9.17) is 9.90 Å². The lowest BCUT2D eigenvalue weighted by atomic mass is 10.1. The van der Waals surface area contributed by atoms with Crippen LogP contribution in [-0.4, -0.2) is 74.1 Å². The van der Waals surface area contributed by atoms with Crippen molar-refractivity contribution in [1.29, 1.82) is 0 Å². The summed E-state index contributed by atoms with van der Waals surface area (Å²) in [6.45, 7) is 3.16. The van der Waals surface area contributed by atoms with Gasteiger partial charge in [0.2, 0.25) is 5.91 Å². The minimum Gasteiger partial charge on any atom is -0.475 e. The molecule has 0 bridgehead atoms. The van der Waals surface area contributed by atoms with E-state index >= 15 is 0 Å². The summed E-state index contributed by atoms with van der Waals surface area (Å²) in [5, 5.41) is 17.2. The summed E-state index contributed by atoms with van der Waals surface area (Å²) < 4.78 is 72.7. The molecule has 0 aliphatic carbocycles. The van der Waals surface area contributed by atoms with Gasteiger partial charge in [-0.2, -0.15) is 31.4 Å². The van der Waals surface area contributed by atoms with E-state index in [1.54, 1.807) is 6.07 Å². The predicted molar refractivity (Wildman–Crippen MR) is 126 cm³/mol. The van der Waals surface area contributed by atoms with Crippen LogP contribution in [0.5, 0.6) is 0 Å². The lowest BCUT2D eigenvalue weighted by Crippen LogP contribution is -2.51. The zero-order valence-corrected chi connectivity index (χ0v) is 21.1. The Morgan fingerprint density at radius 1 is 1.24 bits per heavy atom. The lowest BCUT2D eigenvalue weighted by Gasteiger charge is -2.33. The lowest BCUT2D eigenvalue weighted by molar-refractivity contribution is -0.192. The van der Waals surface area contributed by atoms with E-state index in [9.17, 15) is 35.9 Å². The third-order valence-electron chi connectivity index (χ3n) is 5.64. The molecule has 2 N–H and O–H groups in total. The molecule has 1 unspecified atom stereocenters. The molecule has 4 rings (SSSR count). The van der Waals surface area contributed by atoms with Crippen molar-refractivity contribution in [3.05, 3.63) is 33.7 Å². The first kappa shape index (κ1) is 29.4. The Labute approximate surface area is 215 Å².